The van der Waals surface area contributed by atoms with E-state index in [1.54, 1.807) is 0 Å². The van der Waals surface area contributed by atoms with Gasteiger partial charge in [0.2, 0.25) is 5.78 Å². The average molecular weight is 501 g/mol. The van der Waals surface area contributed by atoms with Gasteiger partial charge >= 0.3 is 0 Å². The van der Waals surface area contributed by atoms with Crippen LogP contribution in [0.25, 0.3) is 22.0 Å². The minimum atomic E-state index is 0.162. The number of aromatic nitrogens is 1. The summed E-state index contributed by atoms with van der Waals surface area (Å²) in [6, 6.07) is 14.9. The zero-order valence-corrected chi connectivity index (χ0v) is 24.2. The van der Waals surface area contributed by atoms with Crippen LogP contribution in [-0.2, 0) is 6.54 Å². The fourth-order valence-electron chi connectivity index (χ4n) is 5.58. The number of hydrogen-bond acceptors (Lipinski definition) is 3. The molecule has 1 aromatic heterocycles. The molecular formula is C33H46N3O+. The molecule has 4 heteroatoms. The zero-order chi connectivity index (χ0) is 26.7. The number of hydrogen-bond donors (Lipinski definition) is 0. The Kier molecular flexibility index (Phi) is 8.38. The number of benzene rings is 2. The van der Waals surface area contributed by atoms with E-state index in [0.717, 1.165) is 54.1 Å². The third-order valence-corrected chi connectivity index (χ3v) is 8.30. The molecule has 4 rings (SSSR count). The molecule has 0 fully saturated rings. The fourth-order valence-corrected chi connectivity index (χ4v) is 5.58. The lowest BCUT2D eigenvalue weighted by Crippen LogP contribution is -2.45. The summed E-state index contributed by atoms with van der Waals surface area (Å²) in [5.41, 5.74) is 6.83. The van der Waals surface area contributed by atoms with Crippen LogP contribution in [0.5, 0.6) is 0 Å². The lowest BCUT2D eigenvalue weighted by atomic mass is 9.84. The van der Waals surface area contributed by atoms with Crippen LogP contribution in [0.3, 0.4) is 0 Å². The van der Waals surface area contributed by atoms with E-state index in [9.17, 15) is 4.79 Å². The van der Waals surface area contributed by atoms with Crippen LogP contribution >= 0.6 is 0 Å². The van der Waals surface area contributed by atoms with Gasteiger partial charge in [0.1, 0.15) is 11.1 Å². The largest absolute Gasteiger partial charge is 0.306 e. The second-order valence-electron chi connectivity index (χ2n) is 12.0. The predicted molar refractivity (Wildman–Crippen MR) is 157 cm³/mol. The van der Waals surface area contributed by atoms with Crippen LogP contribution in [0.1, 0.15) is 80.8 Å². The SMILES string of the molecule is CCC(C)(C)CCCCCC[n+]1c(N(C)CCN(C)C)c2c(c3ccc(C)cc31)-c1ccccc1C2=O. The van der Waals surface area contributed by atoms with Gasteiger partial charge in [0, 0.05) is 23.1 Å². The lowest BCUT2D eigenvalue weighted by Gasteiger charge is -2.23. The number of likely N-dealkylation sites (N-methyl/N-ethyl adjacent to an activating group) is 2. The first-order valence-corrected chi connectivity index (χ1v) is 14.1. The summed E-state index contributed by atoms with van der Waals surface area (Å²) in [5, 5.41) is 1.19. The number of rotatable bonds is 12. The van der Waals surface area contributed by atoms with Gasteiger partial charge in [0.15, 0.2) is 0 Å². The third kappa shape index (κ3) is 5.75. The molecule has 2 aromatic carbocycles. The molecular weight excluding hydrogens is 454 g/mol. The number of unbranched alkanes of at least 4 members (excludes halogenated alkanes) is 3. The first-order valence-electron chi connectivity index (χ1n) is 14.1. The van der Waals surface area contributed by atoms with Crippen LogP contribution in [0, 0.1) is 12.3 Å². The smallest absolute Gasteiger partial charge is 0.288 e. The molecule has 0 unspecified atom stereocenters. The molecule has 0 radical (unpaired) electrons. The zero-order valence-electron chi connectivity index (χ0n) is 24.2. The Morgan fingerprint density at radius 1 is 0.865 bits per heavy atom. The number of fused-ring (bicyclic) bond motifs is 5. The number of carbonyl (C=O) groups excluding carboxylic acids is 1. The first-order chi connectivity index (χ1) is 17.6. The molecule has 0 saturated carbocycles. The number of aryl methyl sites for hydroxylation is 2. The molecule has 0 aliphatic heterocycles. The molecule has 37 heavy (non-hydrogen) atoms. The van der Waals surface area contributed by atoms with E-state index in [1.807, 2.05) is 12.1 Å². The van der Waals surface area contributed by atoms with Crippen LogP contribution in [0.2, 0.25) is 0 Å². The van der Waals surface area contributed by atoms with Gasteiger partial charge in [-0.1, -0.05) is 70.4 Å². The molecule has 0 saturated heterocycles. The molecule has 1 aliphatic carbocycles. The maximum Gasteiger partial charge on any atom is 0.288 e. The summed E-state index contributed by atoms with van der Waals surface area (Å²) in [6.45, 7) is 12.0. The van der Waals surface area contributed by atoms with Gasteiger partial charge in [-0.25, -0.2) is 4.57 Å². The van der Waals surface area contributed by atoms with Gasteiger partial charge in [-0.05, 0) is 69.0 Å². The monoisotopic (exact) mass is 500 g/mol. The van der Waals surface area contributed by atoms with Crippen LogP contribution in [0.15, 0.2) is 42.5 Å². The van der Waals surface area contributed by atoms with Crippen LogP contribution in [0.4, 0.5) is 5.82 Å². The molecule has 198 valence electrons. The van der Waals surface area contributed by atoms with Crippen molar-refractivity contribution in [1.82, 2.24) is 4.90 Å². The quantitative estimate of drug-likeness (QED) is 0.154. The molecule has 3 aromatic rings. The maximum absolute atomic E-state index is 13.9. The van der Waals surface area contributed by atoms with Crippen LogP contribution in [-0.4, -0.2) is 44.9 Å². The molecule has 1 heterocycles. The summed E-state index contributed by atoms with van der Waals surface area (Å²) in [7, 11) is 6.37. The number of pyridine rings is 1. The summed E-state index contributed by atoms with van der Waals surface area (Å²) in [5.74, 6) is 1.23. The Bertz CT molecular complexity index is 1270. The minimum absolute atomic E-state index is 0.162. The van der Waals surface area contributed by atoms with E-state index in [1.165, 1.54) is 48.6 Å². The lowest BCUT2D eigenvalue weighted by molar-refractivity contribution is -0.659. The second-order valence-corrected chi connectivity index (χ2v) is 12.0. The molecule has 0 bridgehead atoms. The Hall–Kier alpha value is -2.72. The number of nitrogens with zero attached hydrogens (tertiary/aromatic N) is 3. The highest BCUT2D eigenvalue weighted by Gasteiger charge is 2.38. The van der Waals surface area contributed by atoms with Crippen molar-refractivity contribution in [2.75, 3.05) is 39.1 Å². The minimum Gasteiger partial charge on any atom is -0.306 e. The fraction of sp³-hybridized carbons (Fsp3) is 0.515. The number of ketones is 1. The Morgan fingerprint density at radius 3 is 2.27 bits per heavy atom. The number of anilines is 1. The van der Waals surface area contributed by atoms with Crippen molar-refractivity contribution < 1.29 is 9.36 Å². The van der Waals surface area contributed by atoms with E-state index in [2.05, 4.69) is 93.5 Å². The first kappa shape index (κ1) is 27.3. The van der Waals surface area contributed by atoms with Crippen molar-refractivity contribution in [2.24, 2.45) is 5.41 Å². The second kappa shape index (κ2) is 11.3. The molecule has 0 amide bonds. The molecule has 4 nitrogen and oxygen atoms in total. The highest BCUT2D eigenvalue weighted by Crippen LogP contribution is 2.44. The van der Waals surface area contributed by atoms with Gasteiger partial charge < -0.3 is 4.90 Å². The summed E-state index contributed by atoms with van der Waals surface area (Å²) >= 11 is 0. The van der Waals surface area contributed by atoms with E-state index >= 15 is 0 Å². The maximum atomic E-state index is 13.9. The topological polar surface area (TPSA) is 27.4 Å². The van der Waals surface area contributed by atoms with Crippen molar-refractivity contribution in [3.05, 3.63) is 59.2 Å². The van der Waals surface area contributed by atoms with Gasteiger partial charge in [0.25, 0.3) is 5.82 Å². The van der Waals surface area contributed by atoms with Crippen molar-refractivity contribution in [1.29, 1.82) is 0 Å². The van der Waals surface area contributed by atoms with E-state index in [4.69, 9.17) is 0 Å². The molecule has 0 atom stereocenters. The third-order valence-electron chi connectivity index (χ3n) is 8.30. The standard InChI is InChI=1S/C33H46N3O/c1-8-33(3,4)19-13-9-10-14-20-36-28-23-24(2)17-18-27(28)29-25-15-11-12-16-26(25)31(37)30(29)32(36)35(7)22-21-34(5)6/h11-12,15-18,23H,8-10,13-14,19-22H2,1-7H3/q+1. The Labute approximate surface area is 224 Å². The average Bonchev–Trinajstić information content (AvgIpc) is 3.16. The van der Waals surface area contributed by atoms with Crippen molar-refractivity contribution in [3.8, 4) is 11.1 Å². The van der Waals surface area contributed by atoms with Crippen molar-refractivity contribution in [2.45, 2.75) is 72.8 Å². The number of carbonyl (C=O) groups is 1. The van der Waals surface area contributed by atoms with E-state index < -0.39 is 0 Å². The van der Waals surface area contributed by atoms with E-state index in [0.29, 0.717) is 5.41 Å². The highest BCUT2D eigenvalue weighted by molar-refractivity contribution is 6.27. The Balaban J connectivity index is 1.75. The molecule has 0 N–H and O–H groups in total. The summed E-state index contributed by atoms with van der Waals surface area (Å²) < 4.78 is 2.45. The van der Waals surface area contributed by atoms with Gasteiger partial charge in [-0.2, -0.15) is 0 Å². The Morgan fingerprint density at radius 2 is 1.57 bits per heavy atom. The normalized spacial score (nSPS) is 12.9. The van der Waals surface area contributed by atoms with E-state index in [-0.39, 0.29) is 5.78 Å². The van der Waals surface area contributed by atoms with Crippen molar-refractivity contribution >= 4 is 22.5 Å². The predicted octanol–water partition coefficient (Wildman–Crippen LogP) is 7.03. The van der Waals surface area contributed by atoms with Gasteiger partial charge in [-0.3, -0.25) is 9.69 Å². The summed E-state index contributed by atoms with van der Waals surface area (Å²) in [6.07, 6.45) is 7.42. The molecule has 1 aliphatic rings. The highest BCUT2D eigenvalue weighted by atomic mass is 16.1. The van der Waals surface area contributed by atoms with Crippen molar-refractivity contribution in [3.63, 3.8) is 0 Å². The van der Waals surface area contributed by atoms with Gasteiger partial charge in [-0.15, -0.1) is 0 Å². The summed E-state index contributed by atoms with van der Waals surface area (Å²) in [4.78, 5) is 18.4. The van der Waals surface area contributed by atoms with Crippen LogP contribution < -0.4 is 9.47 Å². The van der Waals surface area contributed by atoms with Gasteiger partial charge in [0.05, 0.1) is 20.1 Å². The molecule has 0 spiro atoms.